The molecule has 1 heterocycles. The summed E-state index contributed by atoms with van der Waals surface area (Å²) in [6, 6.07) is -0.497. The van der Waals surface area contributed by atoms with Crippen molar-refractivity contribution in [1.82, 2.24) is 5.32 Å². The molecule has 0 radical (unpaired) electrons. The third-order valence-corrected chi connectivity index (χ3v) is 3.49. The molecule has 0 spiro atoms. The van der Waals surface area contributed by atoms with Crippen molar-refractivity contribution < 1.29 is 14.3 Å². The molecule has 1 rings (SSSR count). The average Bonchev–Trinajstić information content (AvgIpc) is 2.82. The van der Waals surface area contributed by atoms with Gasteiger partial charge in [0.2, 0.25) is 11.8 Å². The first-order chi connectivity index (χ1) is 8.45. The molecular formula is C12H24ClN3O3. The standard InChI is InChI=1S/C12H23N3O3.ClH/c1-3-7(2)10(13)12(17)15-6-8-4-5-9(18-8)11(14)16;/h7-10H,3-6,13H2,1-2H3,(H2,14,16)(H,15,17);1H. The summed E-state index contributed by atoms with van der Waals surface area (Å²) in [6.07, 6.45) is 1.54. The molecule has 0 aromatic heterocycles. The van der Waals surface area contributed by atoms with E-state index >= 15 is 0 Å². The molecule has 1 fully saturated rings. The molecule has 0 aromatic rings. The van der Waals surface area contributed by atoms with Crippen molar-refractivity contribution in [2.75, 3.05) is 6.54 Å². The first-order valence-electron chi connectivity index (χ1n) is 6.43. The Bertz CT molecular complexity index is 315. The van der Waals surface area contributed by atoms with Crippen LogP contribution in [0.5, 0.6) is 0 Å². The summed E-state index contributed by atoms with van der Waals surface area (Å²) in [7, 11) is 0. The Hall–Kier alpha value is -0.850. The first-order valence-corrected chi connectivity index (χ1v) is 6.43. The highest BCUT2D eigenvalue weighted by molar-refractivity contribution is 5.85. The number of hydrogen-bond acceptors (Lipinski definition) is 4. The predicted molar refractivity (Wildman–Crippen MR) is 74.8 cm³/mol. The van der Waals surface area contributed by atoms with Gasteiger partial charge in [-0.2, -0.15) is 0 Å². The van der Waals surface area contributed by atoms with E-state index in [1.54, 1.807) is 0 Å². The van der Waals surface area contributed by atoms with Gasteiger partial charge in [-0.1, -0.05) is 20.3 Å². The van der Waals surface area contributed by atoms with Crippen molar-refractivity contribution >= 4 is 24.2 Å². The number of amides is 2. The highest BCUT2D eigenvalue weighted by atomic mass is 35.5. The van der Waals surface area contributed by atoms with Gasteiger partial charge in [-0.15, -0.1) is 12.4 Å². The van der Waals surface area contributed by atoms with Crippen LogP contribution in [0.2, 0.25) is 0 Å². The Morgan fingerprint density at radius 1 is 1.42 bits per heavy atom. The zero-order valence-electron chi connectivity index (χ0n) is 11.4. The molecule has 0 aromatic carbocycles. The maximum Gasteiger partial charge on any atom is 0.246 e. The zero-order valence-corrected chi connectivity index (χ0v) is 12.2. The van der Waals surface area contributed by atoms with Crippen LogP contribution in [-0.2, 0) is 14.3 Å². The molecule has 1 saturated heterocycles. The van der Waals surface area contributed by atoms with Gasteiger partial charge in [0, 0.05) is 6.54 Å². The van der Waals surface area contributed by atoms with Gasteiger partial charge in [-0.05, 0) is 18.8 Å². The molecule has 112 valence electrons. The molecule has 5 N–H and O–H groups in total. The van der Waals surface area contributed by atoms with Gasteiger partial charge < -0.3 is 21.5 Å². The topological polar surface area (TPSA) is 107 Å². The predicted octanol–water partition coefficient (Wildman–Crippen LogP) is -0.0693. The largest absolute Gasteiger partial charge is 0.367 e. The van der Waals surface area contributed by atoms with Crippen LogP contribution in [0.1, 0.15) is 33.1 Å². The van der Waals surface area contributed by atoms with Crippen molar-refractivity contribution in [3.05, 3.63) is 0 Å². The van der Waals surface area contributed by atoms with Crippen LogP contribution in [0.25, 0.3) is 0 Å². The molecule has 1 aliphatic heterocycles. The van der Waals surface area contributed by atoms with Crippen LogP contribution < -0.4 is 16.8 Å². The Kier molecular flexibility index (Phi) is 7.97. The molecule has 0 saturated carbocycles. The molecule has 7 heteroatoms. The fourth-order valence-electron chi connectivity index (χ4n) is 1.91. The minimum absolute atomic E-state index is 0. The van der Waals surface area contributed by atoms with Gasteiger partial charge >= 0.3 is 0 Å². The summed E-state index contributed by atoms with van der Waals surface area (Å²) in [6.45, 7) is 4.32. The second-order valence-electron chi connectivity index (χ2n) is 4.88. The summed E-state index contributed by atoms with van der Waals surface area (Å²) >= 11 is 0. The summed E-state index contributed by atoms with van der Waals surface area (Å²) < 4.78 is 5.41. The van der Waals surface area contributed by atoms with E-state index < -0.39 is 18.1 Å². The maximum absolute atomic E-state index is 11.7. The molecular weight excluding hydrogens is 270 g/mol. The number of nitrogens with two attached hydrogens (primary N) is 2. The second-order valence-corrected chi connectivity index (χ2v) is 4.88. The highest BCUT2D eigenvalue weighted by Crippen LogP contribution is 2.18. The van der Waals surface area contributed by atoms with Crippen LogP contribution >= 0.6 is 12.4 Å². The van der Waals surface area contributed by atoms with Gasteiger partial charge in [-0.3, -0.25) is 9.59 Å². The molecule has 0 bridgehead atoms. The quantitative estimate of drug-likeness (QED) is 0.637. The van der Waals surface area contributed by atoms with E-state index in [9.17, 15) is 9.59 Å². The van der Waals surface area contributed by atoms with Crippen molar-refractivity contribution in [1.29, 1.82) is 0 Å². The number of hydrogen-bond donors (Lipinski definition) is 3. The Balaban J connectivity index is 0.00000324. The Labute approximate surface area is 120 Å². The molecule has 2 amide bonds. The summed E-state index contributed by atoms with van der Waals surface area (Å²) in [5.41, 5.74) is 11.0. The third kappa shape index (κ3) is 5.34. The normalized spacial score (nSPS) is 25.2. The highest BCUT2D eigenvalue weighted by Gasteiger charge is 2.29. The van der Waals surface area contributed by atoms with Crippen LogP contribution in [0.4, 0.5) is 0 Å². The van der Waals surface area contributed by atoms with Gasteiger partial charge in [0.25, 0.3) is 0 Å². The van der Waals surface area contributed by atoms with Crippen molar-refractivity contribution in [2.24, 2.45) is 17.4 Å². The third-order valence-electron chi connectivity index (χ3n) is 3.49. The van der Waals surface area contributed by atoms with Crippen molar-refractivity contribution in [2.45, 2.75) is 51.4 Å². The number of carbonyl (C=O) groups excluding carboxylic acids is 2. The van der Waals surface area contributed by atoms with E-state index in [4.69, 9.17) is 16.2 Å². The van der Waals surface area contributed by atoms with E-state index in [-0.39, 0.29) is 30.3 Å². The lowest BCUT2D eigenvalue weighted by Gasteiger charge is -2.19. The van der Waals surface area contributed by atoms with Gasteiger partial charge in [0.05, 0.1) is 12.1 Å². The van der Waals surface area contributed by atoms with Gasteiger partial charge in [-0.25, -0.2) is 0 Å². The van der Waals surface area contributed by atoms with Gasteiger partial charge in [0.15, 0.2) is 0 Å². The van der Waals surface area contributed by atoms with Crippen LogP contribution in [0.15, 0.2) is 0 Å². The molecule has 4 unspecified atom stereocenters. The summed E-state index contributed by atoms with van der Waals surface area (Å²) in [5.74, 6) is -0.469. The van der Waals surface area contributed by atoms with E-state index in [2.05, 4.69) is 5.32 Å². The summed E-state index contributed by atoms with van der Waals surface area (Å²) in [5, 5.41) is 2.76. The average molecular weight is 294 g/mol. The molecule has 19 heavy (non-hydrogen) atoms. The maximum atomic E-state index is 11.7. The number of carbonyl (C=O) groups is 2. The van der Waals surface area contributed by atoms with Crippen LogP contribution in [0.3, 0.4) is 0 Å². The van der Waals surface area contributed by atoms with Crippen LogP contribution in [-0.4, -0.2) is 36.6 Å². The number of halogens is 1. The number of ether oxygens (including phenoxy) is 1. The minimum Gasteiger partial charge on any atom is -0.367 e. The lowest BCUT2D eigenvalue weighted by atomic mass is 9.99. The van der Waals surface area contributed by atoms with E-state index in [1.165, 1.54) is 0 Å². The Morgan fingerprint density at radius 3 is 2.53 bits per heavy atom. The SMILES string of the molecule is CCC(C)C(N)C(=O)NCC1CCC(C(N)=O)O1.Cl. The lowest BCUT2D eigenvalue weighted by Crippen LogP contribution is -2.46. The van der Waals surface area contributed by atoms with Crippen molar-refractivity contribution in [3.63, 3.8) is 0 Å². The fraction of sp³-hybridized carbons (Fsp3) is 0.833. The lowest BCUT2D eigenvalue weighted by molar-refractivity contribution is -0.129. The monoisotopic (exact) mass is 293 g/mol. The van der Waals surface area contributed by atoms with E-state index in [1.807, 2.05) is 13.8 Å². The summed E-state index contributed by atoms with van der Waals surface area (Å²) in [4.78, 5) is 22.6. The molecule has 1 aliphatic rings. The fourth-order valence-corrected chi connectivity index (χ4v) is 1.91. The molecule has 4 atom stereocenters. The van der Waals surface area contributed by atoms with Crippen molar-refractivity contribution in [3.8, 4) is 0 Å². The van der Waals surface area contributed by atoms with E-state index in [0.29, 0.717) is 13.0 Å². The number of primary amides is 1. The number of nitrogens with one attached hydrogen (secondary N) is 1. The van der Waals surface area contributed by atoms with Crippen LogP contribution in [0, 0.1) is 5.92 Å². The molecule has 0 aliphatic carbocycles. The van der Waals surface area contributed by atoms with Gasteiger partial charge in [0.1, 0.15) is 6.10 Å². The van der Waals surface area contributed by atoms with E-state index in [0.717, 1.165) is 12.8 Å². The first kappa shape index (κ1) is 18.1. The molecule has 6 nitrogen and oxygen atoms in total. The second kappa shape index (κ2) is 8.35. The minimum atomic E-state index is -0.518. The smallest absolute Gasteiger partial charge is 0.246 e. The number of rotatable bonds is 6. The Morgan fingerprint density at radius 2 is 2.05 bits per heavy atom. The zero-order chi connectivity index (χ0) is 13.7.